The van der Waals surface area contributed by atoms with E-state index in [0.717, 1.165) is 55.3 Å². The van der Waals surface area contributed by atoms with Gasteiger partial charge in [-0.3, -0.25) is 0 Å². The summed E-state index contributed by atoms with van der Waals surface area (Å²) in [5.41, 5.74) is 15.1. The number of hydrogen-bond donors (Lipinski definition) is 0. The first kappa shape index (κ1) is 37.8. The summed E-state index contributed by atoms with van der Waals surface area (Å²) < 4.78 is 2.38. The van der Waals surface area contributed by atoms with E-state index in [1.807, 2.05) is 48.5 Å². The third-order valence-corrected chi connectivity index (χ3v) is 13.8. The van der Waals surface area contributed by atoms with Gasteiger partial charge >= 0.3 is 0 Å². The number of hydrogen-bond acceptors (Lipinski definition) is 6. The second-order valence-corrected chi connectivity index (χ2v) is 17.9. The van der Waals surface area contributed by atoms with Crippen LogP contribution >= 0.6 is 11.3 Å². The van der Waals surface area contributed by atoms with Gasteiger partial charge in [0.25, 0.3) is 0 Å². The van der Waals surface area contributed by atoms with Gasteiger partial charge in [0, 0.05) is 59.0 Å². The van der Waals surface area contributed by atoms with Crippen molar-refractivity contribution in [3.8, 4) is 90.3 Å². The molecule has 0 spiro atoms. The fourth-order valence-corrected chi connectivity index (χ4v) is 10.6. The Morgan fingerprint density at radius 3 is 1.39 bits per heavy atom. The number of rotatable bonds is 7. The maximum absolute atomic E-state index is 5.16. The number of thiophene rings is 1. The average Bonchev–Trinajstić information content (AvgIpc) is 3.86. The van der Waals surface area contributed by atoms with Crippen LogP contribution in [0.2, 0.25) is 0 Å². The molecule has 0 unspecified atom stereocenters. The van der Waals surface area contributed by atoms with Crippen molar-refractivity contribution in [3.63, 3.8) is 0 Å². The molecule has 0 aliphatic heterocycles. The third-order valence-electron chi connectivity index (χ3n) is 12.6. The Kier molecular flexibility index (Phi) is 8.95. The molecule has 1 aliphatic rings. The van der Waals surface area contributed by atoms with Crippen LogP contribution in [0.25, 0.3) is 110 Å². The minimum Gasteiger partial charge on any atom is -0.228 e. The van der Waals surface area contributed by atoms with Gasteiger partial charge in [-0.15, -0.1) is 11.3 Å². The van der Waals surface area contributed by atoms with Gasteiger partial charge < -0.3 is 0 Å². The zero-order chi connectivity index (χ0) is 42.8. The first-order valence-corrected chi connectivity index (χ1v) is 22.4. The van der Waals surface area contributed by atoms with Crippen LogP contribution in [-0.2, 0) is 5.41 Å². The lowest BCUT2D eigenvalue weighted by molar-refractivity contribution is 0.661. The number of fused-ring (bicyclic) bond motifs is 6. The van der Waals surface area contributed by atoms with E-state index < -0.39 is 0 Å². The van der Waals surface area contributed by atoms with Crippen LogP contribution in [0.3, 0.4) is 0 Å². The van der Waals surface area contributed by atoms with Crippen molar-refractivity contribution in [2.24, 2.45) is 0 Å². The smallest absolute Gasteiger partial charge is 0.165 e. The second-order valence-electron chi connectivity index (χ2n) is 16.8. The molecule has 0 bridgehead atoms. The lowest BCUT2D eigenvalue weighted by Crippen LogP contribution is -2.15. The van der Waals surface area contributed by atoms with Gasteiger partial charge in [0.15, 0.2) is 23.3 Å². The zero-order valence-corrected chi connectivity index (χ0v) is 36.0. The molecule has 0 N–H and O–H groups in total. The molecule has 8 aromatic carbocycles. The zero-order valence-electron chi connectivity index (χ0n) is 35.2. The summed E-state index contributed by atoms with van der Waals surface area (Å²) in [6.07, 6.45) is 0. The Balaban J connectivity index is 0.951. The monoisotopic (exact) mass is 837 g/mol. The molecule has 5 nitrogen and oxygen atoms in total. The summed E-state index contributed by atoms with van der Waals surface area (Å²) in [5, 5.41) is 2.43. The van der Waals surface area contributed by atoms with Gasteiger partial charge in [0.2, 0.25) is 0 Å². The molecular weight excluding hydrogens is 799 g/mol. The maximum Gasteiger partial charge on any atom is 0.165 e. The van der Waals surface area contributed by atoms with Crippen LogP contribution in [0, 0.1) is 0 Å². The minimum atomic E-state index is -0.265. The molecule has 3 heterocycles. The van der Waals surface area contributed by atoms with Crippen molar-refractivity contribution in [3.05, 3.63) is 211 Å². The molecular formula is C58H39N5S. The molecule has 0 saturated carbocycles. The van der Waals surface area contributed by atoms with Crippen LogP contribution in [0.4, 0.5) is 0 Å². The van der Waals surface area contributed by atoms with E-state index in [9.17, 15) is 0 Å². The van der Waals surface area contributed by atoms with Crippen LogP contribution in [0.5, 0.6) is 0 Å². The number of aromatic nitrogens is 5. The fourth-order valence-electron chi connectivity index (χ4n) is 9.33. The van der Waals surface area contributed by atoms with Gasteiger partial charge in [-0.25, -0.2) is 24.9 Å². The van der Waals surface area contributed by atoms with Gasteiger partial charge in [0.05, 0.1) is 11.4 Å². The quantitative estimate of drug-likeness (QED) is 0.160. The molecule has 6 heteroatoms. The van der Waals surface area contributed by atoms with Crippen molar-refractivity contribution >= 4 is 31.5 Å². The highest BCUT2D eigenvalue weighted by Gasteiger charge is 2.36. The van der Waals surface area contributed by atoms with Crippen molar-refractivity contribution in [1.82, 2.24) is 24.9 Å². The largest absolute Gasteiger partial charge is 0.228 e. The summed E-state index contributed by atoms with van der Waals surface area (Å²) >= 11 is 1.80. The number of benzene rings is 8. The molecule has 1 aliphatic carbocycles. The lowest BCUT2D eigenvalue weighted by Gasteiger charge is -2.22. The molecule has 0 atom stereocenters. The maximum atomic E-state index is 5.16. The molecule has 12 rings (SSSR count). The standard InChI is InChI=1S/C58H39N5S/c1-58(2)47-33-40(29-31-43(47)44-32-30-41(34-48(44)58)56-59-49(36-17-7-3-8-18-36)35-50(60-56)37-19-9-4-10-20-37)42-25-16-28-51-52(42)45-26-15-27-46(53(45)64-51)57-62-54(38-21-11-5-12-22-38)61-55(63-57)39-23-13-6-14-24-39/h3-35H,1-2H3. The summed E-state index contributed by atoms with van der Waals surface area (Å²) in [4.78, 5) is 25.5. The fraction of sp³-hybridized carbons (Fsp3) is 0.0517. The van der Waals surface area contributed by atoms with Crippen molar-refractivity contribution < 1.29 is 0 Å². The van der Waals surface area contributed by atoms with Gasteiger partial charge in [-0.05, 0) is 63.7 Å². The van der Waals surface area contributed by atoms with Crippen molar-refractivity contribution in [2.45, 2.75) is 19.3 Å². The van der Waals surface area contributed by atoms with E-state index >= 15 is 0 Å². The Hall–Kier alpha value is -7.93. The van der Waals surface area contributed by atoms with Crippen LogP contribution in [0.15, 0.2) is 200 Å². The number of nitrogens with zero attached hydrogens (tertiary/aromatic N) is 5. The molecule has 11 aromatic rings. The topological polar surface area (TPSA) is 64.5 Å². The summed E-state index contributed by atoms with van der Waals surface area (Å²) in [6.45, 7) is 4.69. The van der Waals surface area contributed by atoms with E-state index in [4.69, 9.17) is 24.9 Å². The van der Waals surface area contributed by atoms with E-state index in [0.29, 0.717) is 17.5 Å². The van der Waals surface area contributed by atoms with Gasteiger partial charge in [-0.2, -0.15) is 0 Å². The normalized spacial score (nSPS) is 12.7. The molecule has 0 amide bonds. The van der Waals surface area contributed by atoms with E-state index in [2.05, 4.69) is 166 Å². The Morgan fingerprint density at radius 2 is 0.812 bits per heavy atom. The Morgan fingerprint density at radius 1 is 0.344 bits per heavy atom. The first-order valence-electron chi connectivity index (χ1n) is 21.6. The third kappa shape index (κ3) is 6.42. The van der Waals surface area contributed by atoms with Crippen LogP contribution in [0.1, 0.15) is 25.0 Å². The van der Waals surface area contributed by atoms with Crippen LogP contribution < -0.4 is 0 Å². The second kappa shape index (κ2) is 15.2. The molecule has 0 fully saturated rings. The van der Waals surface area contributed by atoms with Gasteiger partial charge in [0.1, 0.15) is 0 Å². The first-order chi connectivity index (χ1) is 31.5. The van der Waals surface area contributed by atoms with E-state index in [1.165, 1.54) is 48.9 Å². The molecule has 3 aromatic heterocycles. The lowest BCUT2D eigenvalue weighted by atomic mass is 9.81. The highest BCUT2D eigenvalue weighted by molar-refractivity contribution is 7.26. The molecule has 0 radical (unpaired) electrons. The summed E-state index contributed by atoms with van der Waals surface area (Å²) in [7, 11) is 0. The van der Waals surface area contributed by atoms with Crippen LogP contribution in [-0.4, -0.2) is 24.9 Å². The summed E-state index contributed by atoms with van der Waals surface area (Å²) in [6, 6.07) is 70.2. The average molecular weight is 838 g/mol. The van der Waals surface area contributed by atoms with E-state index in [1.54, 1.807) is 11.3 Å². The van der Waals surface area contributed by atoms with Gasteiger partial charge in [-0.1, -0.05) is 184 Å². The Labute approximate surface area is 375 Å². The Bertz CT molecular complexity index is 3450. The predicted octanol–water partition coefficient (Wildman–Crippen LogP) is 15.0. The molecule has 64 heavy (non-hydrogen) atoms. The highest BCUT2D eigenvalue weighted by Crippen LogP contribution is 2.52. The van der Waals surface area contributed by atoms with E-state index in [-0.39, 0.29) is 5.41 Å². The predicted molar refractivity (Wildman–Crippen MR) is 264 cm³/mol. The highest BCUT2D eigenvalue weighted by atomic mass is 32.1. The molecule has 302 valence electrons. The SMILES string of the molecule is CC1(C)c2cc(-c3nc(-c4ccccc4)cc(-c4ccccc4)n3)ccc2-c2ccc(-c3cccc4sc5c(-c6nc(-c7ccccc7)nc(-c7ccccc7)n6)cccc5c34)cc21. The minimum absolute atomic E-state index is 0.265. The van der Waals surface area contributed by atoms with Crippen molar-refractivity contribution in [2.75, 3.05) is 0 Å². The summed E-state index contributed by atoms with van der Waals surface area (Å²) in [5.74, 6) is 2.69. The van der Waals surface area contributed by atoms with Crippen molar-refractivity contribution in [1.29, 1.82) is 0 Å². The molecule has 0 saturated heterocycles.